The topological polar surface area (TPSA) is 138 Å². The van der Waals surface area contributed by atoms with Gasteiger partial charge in [-0.25, -0.2) is 0 Å². The minimum atomic E-state index is -1.14. The van der Waals surface area contributed by atoms with Crippen LogP contribution < -0.4 is 5.32 Å². The van der Waals surface area contributed by atoms with Gasteiger partial charge in [-0.05, 0) is 0 Å². The minimum Gasteiger partial charge on any atom is -0.463 e. The Labute approximate surface area is 168 Å². The van der Waals surface area contributed by atoms with Crippen molar-refractivity contribution in [2.24, 2.45) is 0 Å². The first-order valence-corrected chi connectivity index (χ1v) is 9.20. The summed E-state index contributed by atoms with van der Waals surface area (Å²) in [7, 11) is 1.44. The lowest BCUT2D eigenvalue weighted by molar-refractivity contribution is -0.225. The van der Waals surface area contributed by atoms with Gasteiger partial charge >= 0.3 is 17.9 Å². The van der Waals surface area contributed by atoms with E-state index in [0.29, 0.717) is 0 Å². The Bertz CT molecular complexity index is 695. The highest BCUT2D eigenvalue weighted by molar-refractivity contribution is 5.88. The highest BCUT2D eigenvalue weighted by Gasteiger charge is 2.59. The number of carbonyl (C=O) groups excluding carboxylic acids is 5. The lowest BCUT2D eigenvalue weighted by Crippen LogP contribution is -2.64. The number of likely N-dealkylation sites (tertiary alicyclic amines) is 1. The molecule has 1 N–H and O–H groups in total. The van der Waals surface area contributed by atoms with Crippen LogP contribution in [0.3, 0.4) is 0 Å². The van der Waals surface area contributed by atoms with Gasteiger partial charge in [0.25, 0.3) is 0 Å². The zero-order valence-electron chi connectivity index (χ0n) is 17.0. The van der Waals surface area contributed by atoms with E-state index >= 15 is 0 Å². The number of nitrogens with one attached hydrogen (secondary N) is 1. The molecular weight excluding hydrogens is 388 g/mol. The number of nitrogens with zero attached hydrogens (tertiary/aromatic N) is 1. The molecule has 2 fully saturated rings. The van der Waals surface area contributed by atoms with Gasteiger partial charge in [-0.3, -0.25) is 24.0 Å². The van der Waals surface area contributed by atoms with Crippen LogP contribution in [0.15, 0.2) is 0 Å². The molecule has 0 spiro atoms. The van der Waals surface area contributed by atoms with Gasteiger partial charge in [0, 0.05) is 41.2 Å². The molecule has 11 heteroatoms. The molecule has 2 aliphatic rings. The first-order chi connectivity index (χ1) is 13.6. The fourth-order valence-corrected chi connectivity index (χ4v) is 3.90. The van der Waals surface area contributed by atoms with E-state index in [1.54, 1.807) is 0 Å². The van der Waals surface area contributed by atoms with Crippen LogP contribution in [0.1, 0.15) is 34.1 Å². The summed E-state index contributed by atoms with van der Waals surface area (Å²) in [6.45, 7) is 4.60. The molecule has 2 saturated heterocycles. The molecule has 0 aromatic heterocycles. The second-order valence-corrected chi connectivity index (χ2v) is 6.95. The van der Waals surface area contributed by atoms with Crippen molar-refractivity contribution >= 4 is 29.7 Å². The SMILES string of the molecule is CNC(=O)[C@@H]1C[C@H]2O[C@H](COC(C)=O)[C@@H](OC(C)=O)[C@H](OC(C)=O)[C@H]2N1C(C)=O. The summed E-state index contributed by atoms with van der Waals surface area (Å²) in [5.41, 5.74) is 0. The summed E-state index contributed by atoms with van der Waals surface area (Å²) < 4.78 is 21.8. The number of carbonyl (C=O) groups is 5. The van der Waals surface area contributed by atoms with Crippen molar-refractivity contribution in [3.05, 3.63) is 0 Å². The average molecular weight is 414 g/mol. The molecule has 2 rings (SSSR count). The third-order valence-electron chi connectivity index (χ3n) is 4.84. The first kappa shape index (κ1) is 22.6. The van der Waals surface area contributed by atoms with Crippen LogP contribution in [-0.2, 0) is 42.9 Å². The summed E-state index contributed by atoms with van der Waals surface area (Å²) in [5, 5.41) is 2.50. The molecule has 0 aromatic carbocycles. The molecule has 0 unspecified atom stereocenters. The Balaban J connectivity index is 2.46. The van der Waals surface area contributed by atoms with Crippen LogP contribution in [0.5, 0.6) is 0 Å². The Morgan fingerprint density at radius 1 is 0.966 bits per heavy atom. The molecule has 162 valence electrons. The van der Waals surface area contributed by atoms with Crippen molar-refractivity contribution in [2.75, 3.05) is 13.7 Å². The largest absolute Gasteiger partial charge is 0.463 e. The molecule has 6 atom stereocenters. The van der Waals surface area contributed by atoms with E-state index < -0.39 is 66.2 Å². The molecule has 0 bridgehead atoms. The van der Waals surface area contributed by atoms with E-state index in [1.807, 2.05) is 0 Å². The summed E-state index contributed by atoms with van der Waals surface area (Å²) in [6, 6.07) is -1.70. The number of ether oxygens (including phenoxy) is 4. The Kier molecular flexibility index (Phi) is 7.17. The number of hydrogen-bond donors (Lipinski definition) is 1. The molecule has 0 aliphatic carbocycles. The number of fused-ring (bicyclic) bond motifs is 1. The normalized spacial score (nSPS) is 30.7. The third-order valence-corrected chi connectivity index (χ3v) is 4.84. The average Bonchev–Trinajstić information content (AvgIpc) is 3.00. The summed E-state index contributed by atoms with van der Waals surface area (Å²) in [6.07, 6.45) is -3.73. The predicted molar refractivity (Wildman–Crippen MR) is 95.2 cm³/mol. The van der Waals surface area contributed by atoms with Crippen molar-refractivity contribution < 1.29 is 42.9 Å². The maximum atomic E-state index is 12.4. The van der Waals surface area contributed by atoms with Gasteiger partial charge in [0.15, 0.2) is 12.2 Å². The quantitative estimate of drug-likeness (QED) is 0.439. The van der Waals surface area contributed by atoms with Gasteiger partial charge < -0.3 is 29.2 Å². The standard InChI is InChI=1S/C18H26N2O9/c1-8(21)20-12(18(25)19-5)6-13-15(20)17(28-11(4)24)16(27-10(3)23)14(29-13)7-26-9(2)22/h12-17H,6-7H2,1-5H3,(H,19,25)/t12-,13+,14+,15-,16+,17+/m0/s1. The highest BCUT2D eigenvalue weighted by atomic mass is 16.6. The maximum Gasteiger partial charge on any atom is 0.303 e. The minimum absolute atomic E-state index is 0.144. The molecule has 2 aliphatic heterocycles. The van der Waals surface area contributed by atoms with E-state index in [9.17, 15) is 24.0 Å². The number of hydrogen-bond acceptors (Lipinski definition) is 9. The van der Waals surface area contributed by atoms with Gasteiger partial charge in [-0.15, -0.1) is 0 Å². The monoisotopic (exact) mass is 414 g/mol. The van der Waals surface area contributed by atoms with Crippen LogP contribution in [0.2, 0.25) is 0 Å². The summed E-state index contributed by atoms with van der Waals surface area (Å²) in [5.74, 6) is -2.73. The van der Waals surface area contributed by atoms with Gasteiger partial charge in [0.05, 0.1) is 12.1 Å². The molecule has 2 amide bonds. The number of rotatable bonds is 5. The van der Waals surface area contributed by atoms with Crippen LogP contribution in [0, 0.1) is 0 Å². The number of esters is 3. The lowest BCUT2D eigenvalue weighted by Gasteiger charge is -2.45. The van der Waals surface area contributed by atoms with E-state index in [2.05, 4.69) is 5.32 Å². The fraction of sp³-hybridized carbons (Fsp3) is 0.722. The molecule has 0 radical (unpaired) electrons. The Hall–Kier alpha value is -2.69. The van der Waals surface area contributed by atoms with E-state index in [-0.39, 0.29) is 13.0 Å². The van der Waals surface area contributed by atoms with Crippen molar-refractivity contribution in [1.82, 2.24) is 10.2 Å². The molecule has 29 heavy (non-hydrogen) atoms. The maximum absolute atomic E-state index is 12.4. The number of amides is 2. The highest BCUT2D eigenvalue weighted by Crippen LogP contribution is 2.38. The fourth-order valence-electron chi connectivity index (χ4n) is 3.90. The first-order valence-electron chi connectivity index (χ1n) is 9.20. The zero-order chi connectivity index (χ0) is 21.9. The van der Waals surface area contributed by atoms with Gasteiger partial charge in [-0.2, -0.15) is 0 Å². The van der Waals surface area contributed by atoms with Gasteiger partial charge in [-0.1, -0.05) is 0 Å². The molecular formula is C18H26N2O9. The number of likely N-dealkylation sites (N-methyl/N-ethyl adjacent to an activating group) is 1. The summed E-state index contributed by atoms with van der Waals surface area (Å²) in [4.78, 5) is 60.7. The predicted octanol–water partition coefficient (Wildman–Crippen LogP) is -1.08. The molecule has 0 saturated carbocycles. The van der Waals surface area contributed by atoms with Crippen molar-refractivity contribution in [3.63, 3.8) is 0 Å². The van der Waals surface area contributed by atoms with E-state index in [4.69, 9.17) is 18.9 Å². The Morgan fingerprint density at radius 2 is 1.55 bits per heavy atom. The van der Waals surface area contributed by atoms with Gasteiger partial charge in [0.1, 0.15) is 18.8 Å². The second-order valence-electron chi connectivity index (χ2n) is 6.95. The van der Waals surface area contributed by atoms with Crippen molar-refractivity contribution in [1.29, 1.82) is 0 Å². The lowest BCUT2D eigenvalue weighted by atomic mass is 9.92. The van der Waals surface area contributed by atoms with Crippen LogP contribution in [0.25, 0.3) is 0 Å². The molecule has 11 nitrogen and oxygen atoms in total. The third kappa shape index (κ3) is 5.03. The Morgan fingerprint density at radius 3 is 2.03 bits per heavy atom. The van der Waals surface area contributed by atoms with Crippen molar-refractivity contribution in [2.45, 2.75) is 70.6 Å². The van der Waals surface area contributed by atoms with Crippen LogP contribution in [0.4, 0.5) is 0 Å². The second kappa shape index (κ2) is 9.21. The molecule has 2 heterocycles. The van der Waals surface area contributed by atoms with Crippen molar-refractivity contribution in [3.8, 4) is 0 Å². The summed E-state index contributed by atoms with van der Waals surface area (Å²) >= 11 is 0. The van der Waals surface area contributed by atoms with Gasteiger partial charge in [0.2, 0.25) is 11.8 Å². The van der Waals surface area contributed by atoms with Crippen LogP contribution >= 0.6 is 0 Å². The van der Waals surface area contributed by atoms with E-state index in [1.165, 1.54) is 39.6 Å². The zero-order valence-corrected chi connectivity index (χ0v) is 17.0. The van der Waals surface area contributed by atoms with E-state index in [0.717, 1.165) is 0 Å². The van der Waals surface area contributed by atoms with Crippen LogP contribution in [-0.4, -0.2) is 84.8 Å². The molecule has 0 aromatic rings. The smallest absolute Gasteiger partial charge is 0.303 e.